The number of rotatable bonds is 6. The first-order valence-electron chi connectivity index (χ1n) is 8.40. The molecule has 126 valence electrons. The molecule has 1 atom stereocenters. The molecule has 23 heavy (non-hydrogen) atoms. The summed E-state index contributed by atoms with van der Waals surface area (Å²) in [5.74, 6) is -0.241. The van der Waals surface area contributed by atoms with Crippen LogP contribution in [0.25, 0.3) is 0 Å². The van der Waals surface area contributed by atoms with Gasteiger partial charge >= 0.3 is 0 Å². The van der Waals surface area contributed by atoms with E-state index in [0.717, 1.165) is 31.4 Å². The molecule has 1 aliphatic heterocycles. The Balaban J connectivity index is 1.74. The highest BCUT2D eigenvalue weighted by Crippen LogP contribution is 2.20. The fraction of sp³-hybridized carbons (Fsp3) is 0.556. The van der Waals surface area contributed by atoms with Gasteiger partial charge in [-0.05, 0) is 49.8 Å². The fourth-order valence-corrected chi connectivity index (χ4v) is 3.31. The zero-order chi connectivity index (χ0) is 16.7. The van der Waals surface area contributed by atoms with E-state index >= 15 is 0 Å². The van der Waals surface area contributed by atoms with Crippen molar-refractivity contribution in [2.24, 2.45) is 0 Å². The van der Waals surface area contributed by atoms with Crippen molar-refractivity contribution in [2.75, 3.05) is 13.1 Å². The molecule has 0 saturated carbocycles. The van der Waals surface area contributed by atoms with Gasteiger partial charge in [0.05, 0.1) is 0 Å². The van der Waals surface area contributed by atoms with Gasteiger partial charge in [0.25, 0.3) is 0 Å². The third kappa shape index (κ3) is 5.54. The molecule has 1 aromatic carbocycles. The van der Waals surface area contributed by atoms with Gasteiger partial charge in [0.2, 0.25) is 11.8 Å². The fourth-order valence-electron chi connectivity index (χ4n) is 3.09. The summed E-state index contributed by atoms with van der Waals surface area (Å²) in [6, 6.07) is 7.88. The van der Waals surface area contributed by atoms with Gasteiger partial charge in [-0.3, -0.25) is 9.59 Å². The molecule has 1 aliphatic rings. The third-order valence-corrected chi connectivity index (χ3v) is 4.59. The van der Waals surface area contributed by atoms with E-state index in [1.54, 1.807) is 0 Å². The quantitative estimate of drug-likeness (QED) is 0.811. The van der Waals surface area contributed by atoms with Crippen molar-refractivity contribution >= 4 is 23.4 Å². The molecule has 0 bridgehead atoms. The lowest BCUT2D eigenvalue weighted by molar-refractivity contribution is -0.139. The molecule has 2 rings (SSSR count). The van der Waals surface area contributed by atoms with Crippen LogP contribution < -0.4 is 5.32 Å². The first-order chi connectivity index (χ1) is 11.1. The normalized spacial score (nSPS) is 17.8. The molecule has 0 spiro atoms. The SMILES string of the molecule is CCC1CCCCN1C(=O)CC(=O)NCCc1cccc(Cl)c1. The number of carbonyl (C=O) groups is 2. The lowest BCUT2D eigenvalue weighted by Crippen LogP contribution is -2.45. The molecule has 2 amide bonds. The molecule has 5 heteroatoms. The Hall–Kier alpha value is -1.55. The van der Waals surface area contributed by atoms with E-state index in [4.69, 9.17) is 11.6 Å². The maximum atomic E-state index is 12.3. The summed E-state index contributed by atoms with van der Waals surface area (Å²) in [7, 11) is 0. The maximum absolute atomic E-state index is 12.3. The number of nitrogens with zero attached hydrogens (tertiary/aromatic N) is 1. The molecule has 4 nitrogen and oxygen atoms in total. The van der Waals surface area contributed by atoms with Crippen LogP contribution in [0.5, 0.6) is 0 Å². The van der Waals surface area contributed by atoms with Gasteiger partial charge in [-0.15, -0.1) is 0 Å². The van der Waals surface area contributed by atoms with E-state index in [9.17, 15) is 9.59 Å². The van der Waals surface area contributed by atoms with Gasteiger partial charge in [0.15, 0.2) is 0 Å². The van der Waals surface area contributed by atoms with Crippen LogP contribution in [-0.4, -0.2) is 35.8 Å². The Morgan fingerprint density at radius 1 is 1.35 bits per heavy atom. The standard InChI is InChI=1S/C18H25ClN2O2/c1-2-16-8-3-4-11-21(16)18(23)13-17(22)20-10-9-14-6-5-7-15(19)12-14/h5-7,12,16H,2-4,8-11,13H2,1H3,(H,20,22). The average Bonchev–Trinajstić information content (AvgIpc) is 2.54. The Kier molecular flexibility index (Phi) is 6.90. The number of benzene rings is 1. The molecule has 1 N–H and O–H groups in total. The predicted molar refractivity (Wildman–Crippen MR) is 92.4 cm³/mol. The van der Waals surface area contributed by atoms with Gasteiger partial charge < -0.3 is 10.2 Å². The van der Waals surface area contributed by atoms with Crippen LogP contribution in [0.2, 0.25) is 5.02 Å². The summed E-state index contributed by atoms with van der Waals surface area (Å²) >= 11 is 5.93. The molecule has 0 aliphatic carbocycles. The number of amides is 2. The van der Waals surface area contributed by atoms with Crippen molar-refractivity contribution in [3.05, 3.63) is 34.9 Å². The predicted octanol–water partition coefficient (Wildman–Crippen LogP) is 3.18. The highest BCUT2D eigenvalue weighted by molar-refractivity contribution is 6.30. The molecule has 1 unspecified atom stereocenters. The molecule has 1 aromatic rings. The number of halogens is 1. The van der Waals surface area contributed by atoms with Crippen LogP contribution in [0.15, 0.2) is 24.3 Å². The molecule has 0 aromatic heterocycles. The van der Waals surface area contributed by atoms with E-state index in [0.29, 0.717) is 24.0 Å². The van der Waals surface area contributed by atoms with Crippen LogP contribution in [-0.2, 0) is 16.0 Å². The van der Waals surface area contributed by atoms with E-state index in [1.165, 1.54) is 6.42 Å². The first kappa shape index (κ1) is 17.8. The second-order valence-electron chi connectivity index (χ2n) is 6.05. The Morgan fingerprint density at radius 3 is 2.91 bits per heavy atom. The van der Waals surface area contributed by atoms with Gasteiger partial charge in [0.1, 0.15) is 6.42 Å². The minimum Gasteiger partial charge on any atom is -0.355 e. The van der Waals surface area contributed by atoms with Crippen LogP contribution in [0.3, 0.4) is 0 Å². The van der Waals surface area contributed by atoms with Crippen molar-refractivity contribution in [3.63, 3.8) is 0 Å². The highest BCUT2D eigenvalue weighted by Gasteiger charge is 2.26. The zero-order valence-electron chi connectivity index (χ0n) is 13.7. The van der Waals surface area contributed by atoms with Crippen molar-refractivity contribution in [1.82, 2.24) is 10.2 Å². The van der Waals surface area contributed by atoms with E-state index in [2.05, 4.69) is 12.2 Å². The van der Waals surface area contributed by atoms with Crippen LogP contribution >= 0.6 is 11.6 Å². The minimum absolute atomic E-state index is 0.0446. The van der Waals surface area contributed by atoms with Crippen molar-refractivity contribution in [1.29, 1.82) is 0 Å². The van der Waals surface area contributed by atoms with E-state index in [1.807, 2.05) is 29.2 Å². The molecular formula is C18H25ClN2O2. The van der Waals surface area contributed by atoms with E-state index in [-0.39, 0.29) is 18.2 Å². The summed E-state index contributed by atoms with van der Waals surface area (Å²) in [5.41, 5.74) is 1.08. The smallest absolute Gasteiger partial charge is 0.232 e. The summed E-state index contributed by atoms with van der Waals surface area (Å²) in [6.07, 6.45) is 4.89. The average molecular weight is 337 g/mol. The van der Waals surface area contributed by atoms with Crippen LogP contribution in [0.4, 0.5) is 0 Å². The molecule has 1 saturated heterocycles. The van der Waals surface area contributed by atoms with Crippen molar-refractivity contribution in [2.45, 2.75) is 51.5 Å². The maximum Gasteiger partial charge on any atom is 0.232 e. The number of hydrogen-bond donors (Lipinski definition) is 1. The monoisotopic (exact) mass is 336 g/mol. The topological polar surface area (TPSA) is 49.4 Å². The van der Waals surface area contributed by atoms with Crippen LogP contribution in [0, 0.1) is 0 Å². The molecule has 0 radical (unpaired) electrons. The molecular weight excluding hydrogens is 312 g/mol. The summed E-state index contributed by atoms with van der Waals surface area (Å²) in [6.45, 7) is 3.40. The Labute approximate surface area is 143 Å². The first-order valence-corrected chi connectivity index (χ1v) is 8.78. The van der Waals surface area contributed by atoms with Crippen molar-refractivity contribution in [3.8, 4) is 0 Å². The van der Waals surface area contributed by atoms with Gasteiger partial charge in [0, 0.05) is 24.2 Å². The third-order valence-electron chi connectivity index (χ3n) is 4.36. The van der Waals surface area contributed by atoms with E-state index < -0.39 is 0 Å². The van der Waals surface area contributed by atoms with Gasteiger partial charge in [-0.2, -0.15) is 0 Å². The number of nitrogens with one attached hydrogen (secondary N) is 1. The van der Waals surface area contributed by atoms with Crippen molar-refractivity contribution < 1.29 is 9.59 Å². The molecule has 1 heterocycles. The van der Waals surface area contributed by atoms with Gasteiger partial charge in [-0.1, -0.05) is 30.7 Å². The second-order valence-corrected chi connectivity index (χ2v) is 6.49. The second kappa shape index (κ2) is 8.92. The highest BCUT2D eigenvalue weighted by atomic mass is 35.5. The summed E-state index contributed by atoms with van der Waals surface area (Å²) < 4.78 is 0. The number of hydrogen-bond acceptors (Lipinski definition) is 2. The Morgan fingerprint density at radius 2 is 2.17 bits per heavy atom. The molecule has 1 fully saturated rings. The van der Waals surface area contributed by atoms with Crippen LogP contribution in [0.1, 0.15) is 44.6 Å². The Bertz CT molecular complexity index is 548. The largest absolute Gasteiger partial charge is 0.355 e. The summed E-state index contributed by atoms with van der Waals surface area (Å²) in [5, 5.41) is 3.52. The zero-order valence-corrected chi connectivity index (χ0v) is 14.4. The number of piperidine rings is 1. The lowest BCUT2D eigenvalue weighted by atomic mass is 9.99. The minimum atomic E-state index is -0.197. The van der Waals surface area contributed by atoms with Gasteiger partial charge in [-0.25, -0.2) is 0 Å². The number of carbonyl (C=O) groups excluding carboxylic acids is 2. The number of likely N-dealkylation sites (tertiary alicyclic amines) is 1. The lowest BCUT2D eigenvalue weighted by Gasteiger charge is -2.35. The summed E-state index contributed by atoms with van der Waals surface area (Å²) in [4.78, 5) is 26.2.